The van der Waals surface area contributed by atoms with E-state index in [9.17, 15) is 5.26 Å². The molecule has 1 aromatic carbocycles. The van der Waals surface area contributed by atoms with Gasteiger partial charge in [0.15, 0.2) is 5.69 Å². The summed E-state index contributed by atoms with van der Waals surface area (Å²) in [4.78, 5) is 16.5. The molecular formula is C27H27N7O2. The molecule has 1 N–H and O–H groups in total. The van der Waals surface area contributed by atoms with Crippen LogP contribution >= 0.6 is 0 Å². The molecular weight excluding hydrogens is 454 g/mol. The van der Waals surface area contributed by atoms with Crippen LogP contribution in [0.4, 0.5) is 11.5 Å². The number of aromatic nitrogens is 4. The topological polar surface area (TPSA) is 101 Å². The molecule has 1 saturated heterocycles. The zero-order valence-corrected chi connectivity index (χ0v) is 20.6. The van der Waals surface area contributed by atoms with Gasteiger partial charge in [0.2, 0.25) is 0 Å². The van der Waals surface area contributed by atoms with Crippen LogP contribution in [0.15, 0.2) is 42.7 Å². The zero-order chi connectivity index (χ0) is 24.9. The Morgan fingerprint density at radius 3 is 2.75 bits per heavy atom. The molecule has 182 valence electrons. The summed E-state index contributed by atoms with van der Waals surface area (Å²) < 4.78 is 13.3. The molecule has 1 spiro atoms. The number of nitrogens with one attached hydrogen (secondary N) is 1. The lowest BCUT2D eigenvalue weighted by Crippen LogP contribution is -2.43. The van der Waals surface area contributed by atoms with Crippen LogP contribution in [-0.4, -0.2) is 51.8 Å². The number of nitriles is 1. The first-order valence-electron chi connectivity index (χ1n) is 12.0. The Hall–Kier alpha value is -4.00. The number of fused-ring (bicyclic) bond motifs is 3. The van der Waals surface area contributed by atoms with Gasteiger partial charge in [0, 0.05) is 38.4 Å². The third-order valence-corrected chi connectivity index (χ3v) is 7.50. The van der Waals surface area contributed by atoms with Gasteiger partial charge in [0.25, 0.3) is 0 Å². The molecule has 5 heterocycles. The lowest BCUT2D eigenvalue weighted by atomic mass is 9.84. The van der Waals surface area contributed by atoms with Gasteiger partial charge in [-0.05, 0) is 37.6 Å². The van der Waals surface area contributed by atoms with Crippen LogP contribution in [0.5, 0.6) is 5.75 Å². The standard InChI is InChI=1S/C27H27N7O2/c1-33-16-29-25-17(5-4-6-22(25)33)26-23(35-3)13-19(20(14-28)32-26)30-24-8-7-18-21(31-24)15-34(2)27(18)9-11-36-12-10-27/h4-8,13,16H,9-12,15H2,1-3H3,(H,30,31). The van der Waals surface area contributed by atoms with E-state index in [0.717, 1.165) is 54.9 Å². The van der Waals surface area contributed by atoms with Crippen molar-refractivity contribution in [3.05, 3.63) is 59.7 Å². The largest absolute Gasteiger partial charge is 0.494 e. The van der Waals surface area contributed by atoms with E-state index >= 15 is 0 Å². The first-order valence-corrected chi connectivity index (χ1v) is 12.0. The Balaban J connectivity index is 1.37. The van der Waals surface area contributed by atoms with Crippen molar-refractivity contribution >= 4 is 22.5 Å². The Bertz CT molecular complexity index is 1510. The van der Waals surface area contributed by atoms with E-state index in [1.165, 1.54) is 5.56 Å². The maximum absolute atomic E-state index is 9.95. The summed E-state index contributed by atoms with van der Waals surface area (Å²) in [5, 5.41) is 13.3. The van der Waals surface area contributed by atoms with Crippen LogP contribution in [0, 0.1) is 11.3 Å². The molecule has 0 amide bonds. The van der Waals surface area contributed by atoms with Gasteiger partial charge in [-0.15, -0.1) is 0 Å². The van der Waals surface area contributed by atoms with Gasteiger partial charge in [0.05, 0.1) is 41.4 Å². The van der Waals surface area contributed by atoms with Crippen molar-refractivity contribution in [3.8, 4) is 23.1 Å². The number of ether oxygens (including phenoxy) is 2. The summed E-state index contributed by atoms with van der Waals surface area (Å²) in [5.74, 6) is 1.22. The van der Waals surface area contributed by atoms with Gasteiger partial charge < -0.3 is 19.4 Å². The molecule has 0 bridgehead atoms. The second-order valence-electron chi connectivity index (χ2n) is 9.39. The number of hydrogen-bond donors (Lipinski definition) is 1. The zero-order valence-electron chi connectivity index (χ0n) is 20.6. The summed E-state index contributed by atoms with van der Waals surface area (Å²) in [6.07, 6.45) is 3.70. The summed E-state index contributed by atoms with van der Waals surface area (Å²) >= 11 is 0. The predicted molar refractivity (Wildman–Crippen MR) is 136 cm³/mol. The van der Waals surface area contributed by atoms with Crippen molar-refractivity contribution in [2.45, 2.75) is 24.9 Å². The number of anilines is 2. The monoisotopic (exact) mass is 481 g/mol. The average Bonchev–Trinajstić information content (AvgIpc) is 3.41. The number of methoxy groups -OCH3 is 1. The molecule has 0 unspecified atom stereocenters. The highest BCUT2D eigenvalue weighted by molar-refractivity contribution is 5.93. The van der Waals surface area contributed by atoms with Crippen LogP contribution in [0.2, 0.25) is 0 Å². The Morgan fingerprint density at radius 1 is 1.14 bits per heavy atom. The number of benzene rings is 1. The molecule has 2 aliphatic rings. The molecule has 1 fully saturated rings. The van der Waals surface area contributed by atoms with E-state index in [4.69, 9.17) is 19.4 Å². The van der Waals surface area contributed by atoms with Crippen molar-refractivity contribution in [2.24, 2.45) is 7.05 Å². The number of pyridine rings is 2. The van der Waals surface area contributed by atoms with Crippen LogP contribution in [0.3, 0.4) is 0 Å². The van der Waals surface area contributed by atoms with Crippen molar-refractivity contribution in [1.82, 2.24) is 24.4 Å². The van der Waals surface area contributed by atoms with Gasteiger partial charge in [-0.1, -0.05) is 18.2 Å². The summed E-state index contributed by atoms with van der Waals surface area (Å²) in [6.45, 7) is 2.31. The smallest absolute Gasteiger partial charge is 0.164 e. The molecule has 4 aromatic rings. The van der Waals surface area contributed by atoms with E-state index in [1.807, 2.05) is 41.9 Å². The van der Waals surface area contributed by atoms with E-state index < -0.39 is 0 Å². The van der Waals surface area contributed by atoms with E-state index in [1.54, 1.807) is 13.4 Å². The highest BCUT2D eigenvalue weighted by atomic mass is 16.5. The maximum atomic E-state index is 9.95. The first-order chi connectivity index (χ1) is 17.5. The highest BCUT2D eigenvalue weighted by Crippen LogP contribution is 2.45. The number of aryl methyl sites for hydroxylation is 1. The fourth-order valence-electron chi connectivity index (χ4n) is 5.57. The Kier molecular flexibility index (Phi) is 5.36. The quantitative estimate of drug-likeness (QED) is 0.465. The van der Waals surface area contributed by atoms with E-state index in [0.29, 0.717) is 22.9 Å². The van der Waals surface area contributed by atoms with Crippen LogP contribution in [-0.2, 0) is 23.9 Å². The number of hydrogen-bond acceptors (Lipinski definition) is 8. The minimum Gasteiger partial charge on any atom is -0.494 e. The van der Waals surface area contributed by atoms with Crippen LogP contribution in [0.25, 0.3) is 22.3 Å². The van der Waals surface area contributed by atoms with Gasteiger partial charge in [-0.25, -0.2) is 15.0 Å². The first kappa shape index (κ1) is 22.5. The lowest BCUT2D eigenvalue weighted by Gasteiger charge is -2.40. The average molecular weight is 482 g/mol. The number of rotatable bonds is 4. The molecule has 0 atom stereocenters. The second-order valence-corrected chi connectivity index (χ2v) is 9.39. The van der Waals surface area contributed by atoms with E-state index in [2.05, 4.69) is 34.4 Å². The molecule has 6 rings (SSSR count). The molecule has 3 aromatic heterocycles. The summed E-state index contributed by atoms with van der Waals surface area (Å²) in [6, 6.07) is 14.1. The number of nitrogens with zero attached hydrogens (tertiary/aromatic N) is 6. The molecule has 9 heteroatoms. The molecule has 9 nitrogen and oxygen atoms in total. The third kappa shape index (κ3) is 3.41. The molecule has 2 aliphatic heterocycles. The normalized spacial score (nSPS) is 16.7. The van der Waals surface area contributed by atoms with Gasteiger partial charge in [-0.3, -0.25) is 4.90 Å². The number of imidazole rings is 1. The fourth-order valence-corrected chi connectivity index (χ4v) is 5.57. The molecule has 36 heavy (non-hydrogen) atoms. The molecule has 0 saturated carbocycles. The van der Waals surface area contributed by atoms with Crippen LogP contribution in [0.1, 0.15) is 29.8 Å². The highest BCUT2D eigenvalue weighted by Gasteiger charge is 2.44. The minimum absolute atomic E-state index is 0.00412. The maximum Gasteiger partial charge on any atom is 0.164 e. The minimum atomic E-state index is -0.00412. The lowest BCUT2D eigenvalue weighted by molar-refractivity contribution is -0.0132. The van der Waals surface area contributed by atoms with Gasteiger partial charge in [-0.2, -0.15) is 5.26 Å². The van der Waals surface area contributed by atoms with Crippen molar-refractivity contribution in [2.75, 3.05) is 32.7 Å². The predicted octanol–water partition coefficient (Wildman–Crippen LogP) is 4.11. The SMILES string of the molecule is COc1cc(Nc2ccc3c(n2)CN(C)C32CCOCC2)c(C#N)nc1-c1cccc2c1ncn2C. The fraction of sp³-hybridized carbons (Fsp3) is 0.333. The Labute approximate surface area is 209 Å². The van der Waals surface area contributed by atoms with Crippen molar-refractivity contribution < 1.29 is 9.47 Å². The van der Waals surface area contributed by atoms with Gasteiger partial charge in [0.1, 0.15) is 23.3 Å². The summed E-state index contributed by atoms with van der Waals surface area (Å²) in [5.41, 5.74) is 6.31. The summed E-state index contributed by atoms with van der Waals surface area (Å²) in [7, 11) is 5.71. The van der Waals surface area contributed by atoms with Crippen molar-refractivity contribution in [1.29, 1.82) is 5.26 Å². The van der Waals surface area contributed by atoms with Gasteiger partial charge >= 0.3 is 0 Å². The third-order valence-electron chi connectivity index (χ3n) is 7.50. The molecule has 0 aliphatic carbocycles. The van der Waals surface area contributed by atoms with E-state index in [-0.39, 0.29) is 11.2 Å². The Morgan fingerprint density at radius 2 is 1.97 bits per heavy atom. The molecule has 0 radical (unpaired) electrons. The number of para-hydroxylation sites is 1. The van der Waals surface area contributed by atoms with Crippen molar-refractivity contribution in [3.63, 3.8) is 0 Å². The van der Waals surface area contributed by atoms with Crippen LogP contribution < -0.4 is 10.1 Å². The second kappa shape index (κ2) is 8.59.